The second kappa shape index (κ2) is 8.90. The standard InChI is InChI=1S/C21H24N2O2S/c1-26-19-13-7-5-11-17(19)20(24)22-18-12-6-4-10-16(18)21(25)23-14-8-2-3-9-15-23/h4-7,10-13H,2-3,8-9,14-15H2,1H3,(H,22,24). The van der Waals surface area contributed by atoms with Gasteiger partial charge in [0, 0.05) is 18.0 Å². The van der Waals surface area contributed by atoms with Crippen LogP contribution in [0, 0.1) is 0 Å². The maximum atomic E-state index is 13.0. The van der Waals surface area contributed by atoms with E-state index in [0.717, 1.165) is 30.8 Å². The Morgan fingerprint density at radius 3 is 2.19 bits per heavy atom. The smallest absolute Gasteiger partial charge is 0.256 e. The predicted molar refractivity (Wildman–Crippen MR) is 107 cm³/mol. The lowest BCUT2D eigenvalue weighted by atomic mass is 10.1. The van der Waals surface area contributed by atoms with Crippen LogP contribution >= 0.6 is 11.8 Å². The fourth-order valence-corrected chi connectivity index (χ4v) is 3.84. The number of likely N-dealkylation sites (tertiary alicyclic amines) is 1. The van der Waals surface area contributed by atoms with E-state index in [1.165, 1.54) is 24.6 Å². The first-order chi connectivity index (χ1) is 12.7. The van der Waals surface area contributed by atoms with E-state index < -0.39 is 0 Å². The number of carbonyl (C=O) groups is 2. The van der Waals surface area contributed by atoms with Crippen molar-refractivity contribution in [3.63, 3.8) is 0 Å². The lowest BCUT2D eigenvalue weighted by molar-refractivity contribution is 0.0762. The van der Waals surface area contributed by atoms with E-state index in [-0.39, 0.29) is 11.8 Å². The highest BCUT2D eigenvalue weighted by atomic mass is 32.2. The van der Waals surface area contributed by atoms with Gasteiger partial charge in [-0.15, -0.1) is 11.8 Å². The monoisotopic (exact) mass is 368 g/mol. The molecule has 1 heterocycles. The lowest BCUT2D eigenvalue weighted by Crippen LogP contribution is -2.32. The van der Waals surface area contributed by atoms with Crippen LogP contribution in [0.5, 0.6) is 0 Å². The summed E-state index contributed by atoms with van der Waals surface area (Å²) in [6, 6.07) is 14.8. The quantitative estimate of drug-likeness (QED) is 0.798. The SMILES string of the molecule is CSc1ccccc1C(=O)Nc1ccccc1C(=O)N1CCCCCC1. The Kier molecular flexibility index (Phi) is 6.34. The van der Waals surface area contributed by atoms with Gasteiger partial charge in [0.25, 0.3) is 11.8 Å². The first-order valence-corrected chi connectivity index (χ1v) is 10.3. The molecule has 2 amide bonds. The molecule has 0 aliphatic carbocycles. The average Bonchev–Trinajstić information content (AvgIpc) is 2.97. The van der Waals surface area contributed by atoms with Crippen LogP contribution in [0.1, 0.15) is 46.4 Å². The average molecular weight is 369 g/mol. The van der Waals surface area contributed by atoms with Crippen molar-refractivity contribution in [2.45, 2.75) is 30.6 Å². The number of amides is 2. The van der Waals surface area contributed by atoms with Gasteiger partial charge >= 0.3 is 0 Å². The van der Waals surface area contributed by atoms with Crippen LogP contribution in [0.2, 0.25) is 0 Å². The summed E-state index contributed by atoms with van der Waals surface area (Å²) in [6.45, 7) is 1.58. The van der Waals surface area contributed by atoms with Gasteiger partial charge in [-0.25, -0.2) is 0 Å². The first kappa shape index (κ1) is 18.5. The third-order valence-electron chi connectivity index (χ3n) is 4.65. The normalized spacial score (nSPS) is 14.6. The molecule has 1 aliphatic rings. The van der Waals surface area contributed by atoms with E-state index in [0.29, 0.717) is 16.8 Å². The van der Waals surface area contributed by atoms with Gasteiger partial charge in [-0.1, -0.05) is 37.1 Å². The van der Waals surface area contributed by atoms with Crippen molar-refractivity contribution >= 4 is 29.3 Å². The highest BCUT2D eigenvalue weighted by Gasteiger charge is 2.21. The van der Waals surface area contributed by atoms with Crippen molar-refractivity contribution in [3.05, 3.63) is 59.7 Å². The van der Waals surface area contributed by atoms with Gasteiger partial charge in [-0.3, -0.25) is 9.59 Å². The summed E-state index contributed by atoms with van der Waals surface area (Å²) in [5.74, 6) is -0.188. The number of rotatable bonds is 4. The number of thioether (sulfide) groups is 1. The van der Waals surface area contributed by atoms with E-state index in [9.17, 15) is 9.59 Å². The summed E-state index contributed by atoms with van der Waals surface area (Å²) in [6.07, 6.45) is 6.38. The number of nitrogens with one attached hydrogen (secondary N) is 1. The molecule has 1 N–H and O–H groups in total. The zero-order valence-electron chi connectivity index (χ0n) is 15.0. The van der Waals surface area contributed by atoms with E-state index in [1.54, 1.807) is 18.2 Å². The molecule has 2 aromatic carbocycles. The number of hydrogen-bond donors (Lipinski definition) is 1. The Balaban J connectivity index is 1.83. The van der Waals surface area contributed by atoms with Crippen molar-refractivity contribution in [1.82, 2.24) is 4.90 Å². The maximum Gasteiger partial charge on any atom is 0.256 e. The second-order valence-electron chi connectivity index (χ2n) is 6.41. The van der Waals surface area contributed by atoms with Crippen molar-refractivity contribution in [2.24, 2.45) is 0 Å². The third-order valence-corrected chi connectivity index (χ3v) is 5.45. The number of hydrogen-bond acceptors (Lipinski definition) is 3. The summed E-state index contributed by atoms with van der Waals surface area (Å²) in [5, 5.41) is 2.94. The lowest BCUT2D eigenvalue weighted by Gasteiger charge is -2.22. The molecule has 1 aliphatic heterocycles. The molecule has 2 aromatic rings. The summed E-state index contributed by atoms with van der Waals surface area (Å²) in [5.41, 5.74) is 1.75. The Hall–Kier alpha value is -2.27. The van der Waals surface area contributed by atoms with E-state index in [1.807, 2.05) is 41.5 Å². The minimum Gasteiger partial charge on any atom is -0.339 e. The number of benzene rings is 2. The molecule has 1 fully saturated rings. The van der Waals surface area contributed by atoms with E-state index in [2.05, 4.69) is 5.32 Å². The fraction of sp³-hybridized carbons (Fsp3) is 0.333. The number of carbonyl (C=O) groups excluding carboxylic acids is 2. The molecule has 0 aromatic heterocycles. The topological polar surface area (TPSA) is 49.4 Å². The summed E-state index contributed by atoms with van der Waals surface area (Å²) < 4.78 is 0. The molecule has 1 saturated heterocycles. The maximum absolute atomic E-state index is 13.0. The summed E-state index contributed by atoms with van der Waals surface area (Å²) >= 11 is 1.53. The molecular formula is C21H24N2O2S. The second-order valence-corrected chi connectivity index (χ2v) is 7.25. The van der Waals surface area contributed by atoms with Gasteiger partial charge in [0.05, 0.1) is 16.8 Å². The molecule has 26 heavy (non-hydrogen) atoms. The Morgan fingerprint density at radius 1 is 0.885 bits per heavy atom. The van der Waals surface area contributed by atoms with Gasteiger partial charge in [0.1, 0.15) is 0 Å². The summed E-state index contributed by atoms with van der Waals surface area (Å²) in [4.78, 5) is 28.6. The van der Waals surface area contributed by atoms with Crippen LogP contribution in [0.25, 0.3) is 0 Å². The van der Waals surface area contributed by atoms with E-state index in [4.69, 9.17) is 0 Å². The molecular weight excluding hydrogens is 344 g/mol. The van der Waals surface area contributed by atoms with Crippen LogP contribution < -0.4 is 5.32 Å². The van der Waals surface area contributed by atoms with Gasteiger partial charge in [0.15, 0.2) is 0 Å². The highest BCUT2D eigenvalue weighted by Crippen LogP contribution is 2.24. The van der Waals surface area contributed by atoms with Gasteiger partial charge in [0.2, 0.25) is 0 Å². The summed E-state index contributed by atoms with van der Waals surface area (Å²) in [7, 11) is 0. The van der Waals surface area contributed by atoms with Crippen molar-refractivity contribution in [2.75, 3.05) is 24.7 Å². The first-order valence-electron chi connectivity index (χ1n) is 9.03. The molecule has 0 saturated carbocycles. The zero-order chi connectivity index (χ0) is 18.4. The Labute approximate surface area is 159 Å². The Bertz CT molecular complexity index is 783. The van der Waals surface area contributed by atoms with Crippen LogP contribution in [0.3, 0.4) is 0 Å². The number of para-hydroxylation sites is 1. The van der Waals surface area contributed by atoms with Gasteiger partial charge in [-0.05, 0) is 43.4 Å². The minimum atomic E-state index is -0.189. The van der Waals surface area contributed by atoms with Crippen LogP contribution in [-0.4, -0.2) is 36.1 Å². The largest absolute Gasteiger partial charge is 0.339 e. The molecule has 136 valence electrons. The molecule has 0 unspecified atom stereocenters. The van der Waals surface area contributed by atoms with Crippen LogP contribution in [0.15, 0.2) is 53.4 Å². The van der Waals surface area contributed by atoms with Gasteiger partial charge < -0.3 is 10.2 Å². The molecule has 0 bridgehead atoms. The van der Waals surface area contributed by atoms with Crippen LogP contribution in [-0.2, 0) is 0 Å². The number of nitrogens with zero attached hydrogens (tertiary/aromatic N) is 1. The Morgan fingerprint density at radius 2 is 1.50 bits per heavy atom. The minimum absolute atomic E-state index is 0.000881. The van der Waals surface area contributed by atoms with Crippen molar-refractivity contribution in [1.29, 1.82) is 0 Å². The van der Waals surface area contributed by atoms with Crippen molar-refractivity contribution in [3.8, 4) is 0 Å². The number of anilines is 1. The zero-order valence-corrected chi connectivity index (χ0v) is 15.8. The van der Waals surface area contributed by atoms with E-state index >= 15 is 0 Å². The van der Waals surface area contributed by atoms with Crippen molar-refractivity contribution < 1.29 is 9.59 Å². The van der Waals surface area contributed by atoms with Crippen LogP contribution in [0.4, 0.5) is 5.69 Å². The molecule has 3 rings (SSSR count). The predicted octanol–water partition coefficient (Wildman–Crippen LogP) is 4.68. The fourth-order valence-electron chi connectivity index (χ4n) is 3.24. The molecule has 0 atom stereocenters. The molecule has 0 spiro atoms. The molecule has 4 nitrogen and oxygen atoms in total. The van der Waals surface area contributed by atoms with Gasteiger partial charge in [-0.2, -0.15) is 0 Å². The third kappa shape index (κ3) is 4.28. The molecule has 0 radical (unpaired) electrons. The molecule has 5 heteroatoms. The highest BCUT2D eigenvalue weighted by molar-refractivity contribution is 7.98.